The average Bonchev–Trinajstić information content (AvgIpc) is 2.44. The summed E-state index contributed by atoms with van der Waals surface area (Å²) in [6.07, 6.45) is 4.49. The topological polar surface area (TPSA) is 93.1 Å². The largest absolute Gasteiger partial charge is 0.459 e. The number of rotatable bonds is 4. The molecule has 6 nitrogen and oxygen atoms in total. The van der Waals surface area contributed by atoms with E-state index in [9.17, 15) is 19.8 Å². The minimum atomic E-state index is -0.986. The summed E-state index contributed by atoms with van der Waals surface area (Å²) in [5.74, 6) is -1.29. The van der Waals surface area contributed by atoms with Gasteiger partial charge < -0.3 is 19.7 Å². The SMILES string of the molecule is C=CC(=O)OC1CC(C(=O)OC23CC4(C)CC(O)(CC(O)(C4)C2C)C3)C1. The Morgan fingerprint density at radius 3 is 2.42 bits per heavy atom. The van der Waals surface area contributed by atoms with Gasteiger partial charge in [0.2, 0.25) is 0 Å². The Morgan fingerprint density at radius 2 is 1.81 bits per heavy atom. The molecule has 0 radical (unpaired) electrons. The molecule has 0 amide bonds. The molecule has 5 saturated carbocycles. The predicted molar refractivity (Wildman–Crippen MR) is 91.9 cm³/mol. The number of esters is 2. The Labute approximate surface area is 153 Å². The number of carbonyl (C=O) groups is 2. The molecule has 144 valence electrons. The van der Waals surface area contributed by atoms with Gasteiger partial charge in [-0.15, -0.1) is 0 Å². The quantitative estimate of drug-likeness (QED) is 0.584. The van der Waals surface area contributed by atoms with Crippen molar-refractivity contribution in [3.8, 4) is 0 Å². The van der Waals surface area contributed by atoms with Gasteiger partial charge in [0.15, 0.2) is 0 Å². The van der Waals surface area contributed by atoms with Crippen LogP contribution in [0.5, 0.6) is 0 Å². The monoisotopic (exact) mass is 364 g/mol. The summed E-state index contributed by atoms with van der Waals surface area (Å²) in [6.45, 7) is 7.37. The molecule has 5 atom stereocenters. The van der Waals surface area contributed by atoms with E-state index in [4.69, 9.17) is 9.47 Å². The summed E-state index contributed by atoms with van der Waals surface area (Å²) < 4.78 is 11.2. The van der Waals surface area contributed by atoms with E-state index in [0.29, 0.717) is 44.9 Å². The van der Waals surface area contributed by atoms with Gasteiger partial charge in [0, 0.05) is 24.8 Å². The second kappa shape index (κ2) is 5.32. The van der Waals surface area contributed by atoms with Crippen molar-refractivity contribution in [2.45, 2.75) is 81.7 Å². The van der Waals surface area contributed by atoms with Gasteiger partial charge in [-0.2, -0.15) is 0 Å². The van der Waals surface area contributed by atoms with Gasteiger partial charge in [-0.25, -0.2) is 4.79 Å². The molecule has 0 aliphatic heterocycles. The third-order valence-electron chi connectivity index (χ3n) is 7.25. The fourth-order valence-corrected chi connectivity index (χ4v) is 6.50. The second-order valence-corrected chi connectivity index (χ2v) is 9.66. The van der Waals surface area contributed by atoms with Crippen LogP contribution in [0.3, 0.4) is 0 Å². The summed E-state index contributed by atoms with van der Waals surface area (Å²) in [7, 11) is 0. The van der Waals surface area contributed by atoms with Crippen LogP contribution >= 0.6 is 0 Å². The van der Waals surface area contributed by atoms with Crippen LogP contribution in [0.15, 0.2) is 12.7 Å². The first kappa shape index (κ1) is 18.0. The highest BCUT2D eigenvalue weighted by Crippen LogP contribution is 2.67. The lowest BCUT2D eigenvalue weighted by molar-refractivity contribution is -0.311. The van der Waals surface area contributed by atoms with Crippen LogP contribution in [0.4, 0.5) is 0 Å². The zero-order valence-electron chi connectivity index (χ0n) is 15.5. The third-order valence-corrected chi connectivity index (χ3v) is 7.25. The Bertz CT molecular complexity index is 645. The highest BCUT2D eigenvalue weighted by atomic mass is 16.6. The molecule has 5 unspecified atom stereocenters. The van der Waals surface area contributed by atoms with Crippen LogP contribution in [-0.4, -0.2) is 45.1 Å². The summed E-state index contributed by atoms with van der Waals surface area (Å²) in [5.41, 5.74) is -2.98. The standard InChI is InChI=1S/C20H28O6/c1-4-15(21)25-14-5-13(6-14)16(22)26-20-9-17(3)7-18(23,11-20)10-19(24,8-17)12(20)2/h4,12-14,23-24H,1,5-11H2,2-3H3. The van der Waals surface area contributed by atoms with Crippen molar-refractivity contribution in [3.05, 3.63) is 12.7 Å². The molecule has 0 heterocycles. The zero-order chi connectivity index (χ0) is 19.0. The van der Waals surface area contributed by atoms with Gasteiger partial charge in [-0.3, -0.25) is 4.79 Å². The number of hydrogen-bond donors (Lipinski definition) is 2. The van der Waals surface area contributed by atoms with E-state index >= 15 is 0 Å². The van der Waals surface area contributed by atoms with Crippen LogP contribution < -0.4 is 0 Å². The van der Waals surface area contributed by atoms with Crippen LogP contribution in [-0.2, 0) is 19.1 Å². The Morgan fingerprint density at radius 1 is 1.12 bits per heavy atom. The molecule has 2 N–H and O–H groups in total. The van der Waals surface area contributed by atoms with Gasteiger partial charge >= 0.3 is 11.9 Å². The van der Waals surface area contributed by atoms with Crippen LogP contribution in [0, 0.1) is 17.3 Å². The van der Waals surface area contributed by atoms with Gasteiger partial charge in [0.05, 0.1) is 17.1 Å². The fraction of sp³-hybridized carbons (Fsp3) is 0.800. The molecule has 0 aromatic rings. The maximum Gasteiger partial charge on any atom is 0.330 e. The Balaban J connectivity index is 1.47. The van der Waals surface area contributed by atoms with Gasteiger partial charge in [-0.1, -0.05) is 20.4 Å². The van der Waals surface area contributed by atoms with Crippen LogP contribution in [0.1, 0.15) is 58.8 Å². The maximum atomic E-state index is 12.7. The number of ether oxygens (including phenoxy) is 2. The Hall–Kier alpha value is -1.40. The minimum absolute atomic E-state index is 0.206. The molecule has 4 bridgehead atoms. The first-order chi connectivity index (χ1) is 12.0. The van der Waals surface area contributed by atoms with E-state index in [-0.39, 0.29) is 29.3 Å². The molecule has 6 heteroatoms. The van der Waals surface area contributed by atoms with Crippen molar-refractivity contribution in [2.75, 3.05) is 0 Å². The van der Waals surface area contributed by atoms with Crippen molar-refractivity contribution in [3.63, 3.8) is 0 Å². The molecule has 5 aliphatic carbocycles. The summed E-state index contributed by atoms with van der Waals surface area (Å²) in [5, 5.41) is 22.1. The minimum Gasteiger partial charge on any atom is -0.459 e. The van der Waals surface area contributed by atoms with Crippen molar-refractivity contribution in [1.82, 2.24) is 0 Å². The van der Waals surface area contributed by atoms with Crippen LogP contribution in [0.25, 0.3) is 0 Å². The number of hydrogen-bond acceptors (Lipinski definition) is 6. The summed E-state index contributed by atoms with van der Waals surface area (Å²) in [6, 6.07) is 0. The average molecular weight is 364 g/mol. The van der Waals surface area contributed by atoms with Gasteiger partial charge in [0.1, 0.15) is 11.7 Å². The van der Waals surface area contributed by atoms with Gasteiger partial charge in [-0.05, 0) is 37.5 Å². The molecule has 5 rings (SSSR count). The van der Waals surface area contributed by atoms with E-state index in [1.807, 2.05) is 6.92 Å². The zero-order valence-corrected chi connectivity index (χ0v) is 15.5. The second-order valence-electron chi connectivity index (χ2n) is 9.66. The first-order valence-electron chi connectivity index (χ1n) is 9.51. The number of aliphatic hydroxyl groups is 2. The summed E-state index contributed by atoms with van der Waals surface area (Å²) in [4.78, 5) is 24.0. The smallest absolute Gasteiger partial charge is 0.330 e. The number of carbonyl (C=O) groups excluding carboxylic acids is 2. The fourth-order valence-electron chi connectivity index (χ4n) is 6.50. The molecule has 0 aromatic heterocycles. The highest BCUT2D eigenvalue weighted by molar-refractivity contribution is 5.81. The Kier molecular flexibility index (Phi) is 3.68. The van der Waals surface area contributed by atoms with E-state index in [0.717, 1.165) is 6.08 Å². The van der Waals surface area contributed by atoms with E-state index in [2.05, 4.69) is 13.5 Å². The summed E-state index contributed by atoms with van der Waals surface area (Å²) >= 11 is 0. The van der Waals surface area contributed by atoms with E-state index in [1.54, 1.807) is 0 Å². The normalized spacial score (nSPS) is 51.5. The lowest BCUT2D eigenvalue weighted by atomic mass is 9.42. The third kappa shape index (κ3) is 2.61. The highest BCUT2D eigenvalue weighted by Gasteiger charge is 2.71. The maximum absolute atomic E-state index is 12.7. The van der Waals surface area contributed by atoms with Crippen molar-refractivity contribution < 1.29 is 29.3 Å². The van der Waals surface area contributed by atoms with Crippen molar-refractivity contribution >= 4 is 11.9 Å². The molecule has 0 aromatic carbocycles. The van der Waals surface area contributed by atoms with Gasteiger partial charge in [0.25, 0.3) is 0 Å². The molecule has 5 aliphatic rings. The lowest BCUT2D eigenvalue weighted by Gasteiger charge is -2.69. The molecule has 26 heavy (non-hydrogen) atoms. The van der Waals surface area contributed by atoms with Crippen molar-refractivity contribution in [2.24, 2.45) is 17.3 Å². The van der Waals surface area contributed by atoms with E-state index < -0.39 is 22.8 Å². The van der Waals surface area contributed by atoms with Crippen LogP contribution in [0.2, 0.25) is 0 Å². The molecular formula is C20H28O6. The predicted octanol–water partition coefficient (Wildman–Crippen LogP) is 1.87. The first-order valence-corrected chi connectivity index (χ1v) is 9.51. The molecule has 0 saturated heterocycles. The molecule has 0 spiro atoms. The lowest BCUT2D eigenvalue weighted by Crippen LogP contribution is -2.74. The molecular weight excluding hydrogens is 336 g/mol. The van der Waals surface area contributed by atoms with Crippen molar-refractivity contribution in [1.29, 1.82) is 0 Å². The van der Waals surface area contributed by atoms with E-state index in [1.165, 1.54) is 0 Å². The molecule has 5 fully saturated rings.